The molecule has 25 N–H and O–H groups in total. The van der Waals surface area contributed by atoms with Crippen LogP contribution in [0.4, 0.5) is 4.79 Å². The van der Waals surface area contributed by atoms with Crippen LogP contribution < -0.4 is 92.5 Å². The fourth-order valence-electron chi connectivity index (χ4n) is 16.4. The highest BCUT2D eigenvalue weighted by Crippen LogP contribution is 2.26. The number of primary amides is 4. The summed E-state index contributed by atoms with van der Waals surface area (Å²) in [6.45, 7) is 6.47. The third-order valence-corrected chi connectivity index (χ3v) is 25.0. The molecule has 766 valence electrons. The molecule has 0 radical (unpaired) electrons. The standard InChI is InChI=1S/C92H134N24O23S/c1-51(2)40-63-82(129)104-62(26-18-30-73(95)119)91(138)113(7)70(31-32-76(122)123)87(134)107-64(42-55-46-111(5)68-27-11-9-21-57(55)68)83(130)102-60(24-14-16-35-99-92(139)116-38-36-115(37-39-116)48-77(124)125)80(127)106-65(43-56-47-112(6)69-28-12-10-22-58(56)69)85(132)110-78(53(4)117)89(136)103-61(25-17-29-72(94)118)81(128)109-67(86(133)101-59(79(97)126)23-13-15-33-93)49-140-50-75(121)100-52(3)90(137)114(8)71(41-54-20-19-34-98-45-54)88(135)108-66(44-74(96)120)84(131)105-63/h9-12,19-22,27-28,34,45-47,51-53,59-67,70-71,78,117H,13-18,23-26,29-33,35-44,48-50,93H2,1-8H3,(H2,94,118)(H2,95,119)(H2,96,120)(H2,97,126)(H,99,139)(H,100,121)(H,101,133)(H,102,130)(H,103,136)(H,104,129)(H,105,131)(H,106,127)(H,107,134)(H,108,135)(H,109,128)(H,110,132)(H,122,123)(H,124,125)/t52-,53-,59-,60+,61+,62+,63+,64+,65+,66+,67+,70+,71+,78+/m1/s1. The zero-order chi connectivity index (χ0) is 103. The molecule has 5 aromatic rings. The molecule has 0 aliphatic carbocycles. The second-order valence-electron chi connectivity index (χ2n) is 35.6. The Kier molecular flexibility index (Phi) is 44.9. The van der Waals surface area contributed by atoms with E-state index in [4.69, 9.17) is 28.7 Å². The molecule has 47 nitrogen and oxygen atoms in total. The van der Waals surface area contributed by atoms with Gasteiger partial charge in [-0.05, 0) is 138 Å². The normalized spacial score (nSPS) is 22.4. The number of carbonyl (C=O) groups is 20. The summed E-state index contributed by atoms with van der Waals surface area (Å²) >= 11 is 0.710. The van der Waals surface area contributed by atoms with E-state index in [1.165, 1.54) is 37.3 Å². The predicted molar refractivity (Wildman–Crippen MR) is 511 cm³/mol. The number of carboxylic acids is 2. The number of pyridine rings is 1. The van der Waals surface area contributed by atoms with E-state index in [2.05, 4.69) is 68.8 Å². The second kappa shape index (κ2) is 55.6. The van der Waals surface area contributed by atoms with Crippen molar-refractivity contribution in [1.29, 1.82) is 0 Å². The Morgan fingerprint density at radius 1 is 0.514 bits per heavy atom. The first-order valence-corrected chi connectivity index (χ1v) is 47.6. The van der Waals surface area contributed by atoms with Crippen molar-refractivity contribution >= 4 is 152 Å². The molecule has 0 saturated carbocycles. The van der Waals surface area contributed by atoms with Crippen molar-refractivity contribution in [3.63, 3.8) is 0 Å². The molecular weight excluding hydrogens is 1840 g/mol. The van der Waals surface area contributed by atoms with Gasteiger partial charge in [0.05, 0.1) is 24.8 Å². The summed E-state index contributed by atoms with van der Waals surface area (Å²) in [5, 5.41) is 63.8. The number of para-hydroxylation sites is 2. The van der Waals surface area contributed by atoms with Crippen LogP contribution in [0.3, 0.4) is 0 Å². The van der Waals surface area contributed by atoms with Crippen LogP contribution in [0.25, 0.3) is 21.8 Å². The van der Waals surface area contributed by atoms with Crippen molar-refractivity contribution in [3.8, 4) is 0 Å². The number of nitrogens with zero attached hydrogens (tertiary/aromatic N) is 7. The van der Waals surface area contributed by atoms with Gasteiger partial charge in [0.15, 0.2) is 0 Å². The van der Waals surface area contributed by atoms with Crippen LogP contribution in [-0.4, -0.2) is 323 Å². The SMILES string of the molecule is CC(C)C[C@@H]1NC(=O)[C@H](CC(N)=O)NC(=O)[C@H](Cc2cccnc2)N(C)C(=O)[C@@H](C)NC(=O)CSC[C@@H](C(=O)N[C@H](CCCCN)C(N)=O)NC(=O)[C@H](CCCC(N)=O)NC(=O)[C@H]([C@@H](C)O)NC(=O)[C@H](Cc2cn(C)c3ccccc23)NC(=O)[C@H](CCCCNC(=O)N2CCN(CC(=O)O)CC2)NC(=O)[C@H](Cc2cn(C)c3ccccc23)NC(=O)[C@H](CCC(=O)O)N(C)C(=O)[C@H](CCCC(N)=O)NC1=O. The van der Waals surface area contributed by atoms with Gasteiger partial charge in [-0.25, -0.2) is 4.79 Å². The van der Waals surface area contributed by atoms with E-state index in [-0.39, 0.29) is 116 Å². The molecule has 14 atom stereocenters. The number of aryl methyl sites for hydroxylation is 2. The van der Waals surface area contributed by atoms with Gasteiger partial charge >= 0.3 is 18.0 Å². The maximum Gasteiger partial charge on any atom is 0.317 e. The first-order valence-electron chi connectivity index (χ1n) is 46.4. The number of fused-ring (bicyclic) bond motifs is 2. The molecule has 0 unspecified atom stereocenters. The van der Waals surface area contributed by atoms with E-state index in [0.717, 1.165) is 23.8 Å². The summed E-state index contributed by atoms with van der Waals surface area (Å²) in [6, 6.07) is -6.22. The molecule has 7 rings (SSSR count). The largest absolute Gasteiger partial charge is 0.481 e. The quantitative estimate of drug-likeness (QED) is 0.0168. The van der Waals surface area contributed by atoms with Crippen LogP contribution in [0.5, 0.6) is 0 Å². The Morgan fingerprint density at radius 2 is 1.02 bits per heavy atom. The van der Waals surface area contributed by atoms with Crippen LogP contribution >= 0.6 is 11.8 Å². The van der Waals surface area contributed by atoms with Crippen molar-refractivity contribution in [3.05, 3.63) is 102 Å². The Bertz CT molecular complexity index is 5220. The van der Waals surface area contributed by atoms with Crippen molar-refractivity contribution in [2.24, 2.45) is 48.7 Å². The monoisotopic (exact) mass is 1970 g/mol. The van der Waals surface area contributed by atoms with Gasteiger partial charge in [-0.15, -0.1) is 11.8 Å². The molecule has 2 aliphatic heterocycles. The van der Waals surface area contributed by atoms with E-state index in [1.807, 2.05) is 0 Å². The number of aliphatic carboxylic acids is 2. The number of piperazine rings is 1. The van der Waals surface area contributed by atoms with E-state index < -0.39 is 265 Å². The lowest BCUT2D eigenvalue weighted by molar-refractivity contribution is -0.145. The number of hydrogen-bond acceptors (Lipinski definition) is 25. The number of amides is 19. The molecule has 5 heterocycles. The number of unbranched alkanes of at least 4 members (excludes halogenated alkanes) is 2. The minimum Gasteiger partial charge on any atom is -0.481 e. The minimum absolute atomic E-state index is 0.0106. The number of carbonyl (C=O) groups excluding carboxylic acids is 18. The Labute approximate surface area is 813 Å². The molecule has 2 aliphatic rings. The van der Waals surface area contributed by atoms with Gasteiger partial charge < -0.3 is 132 Å². The topological polar surface area (TPSA) is 712 Å². The molecule has 2 fully saturated rings. The zero-order valence-electron chi connectivity index (χ0n) is 80.0. The number of aliphatic hydroxyl groups is 1. The van der Waals surface area contributed by atoms with E-state index in [0.29, 0.717) is 56.7 Å². The van der Waals surface area contributed by atoms with Crippen molar-refractivity contribution in [1.82, 2.24) is 97.5 Å². The van der Waals surface area contributed by atoms with Gasteiger partial charge in [-0.2, -0.15) is 0 Å². The maximum atomic E-state index is 15.9. The first-order chi connectivity index (χ1) is 66.3. The number of likely N-dealkylation sites (N-methyl/N-ethyl adjacent to an activating group) is 2. The van der Waals surface area contributed by atoms with Crippen LogP contribution in [0.1, 0.15) is 147 Å². The molecule has 0 spiro atoms. The van der Waals surface area contributed by atoms with Crippen molar-refractivity contribution < 1.29 is 111 Å². The van der Waals surface area contributed by atoms with Gasteiger partial charge in [0.1, 0.15) is 78.5 Å². The average Bonchev–Trinajstić information content (AvgIpc) is 1.65. The lowest BCUT2D eigenvalue weighted by atomic mass is 9.99. The predicted octanol–water partition coefficient (Wildman–Crippen LogP) is -4.48. The summed E-state index contributed by atoms with van der Waals surface area (Å²) in [4.78, 5) is 295. The number of hydrogen-bond donors (Lipinski definition) is 20. The number of benzene rings is 2. The fraction of sp³-hybridized carbons (Fsp3) is 0.554. The van der Waals surface area contributed by atoms with Crippen molar-refractivity contribution in [2.75, 3.05) is 71.4 Å². The second-order valence-corrected chi connectivity index (χ2v) is 36.6. The summed E-state index contributed by atoms with van der Waals surface area (Å²) < 4.78 is 3.45. The summed E-state index contributed by atoms with van der Waals surface area (Å²) in [5.74, 6) is -22.3. The number of thioether (sulfide) groups is 1. The molecule has 2 aromatic carbocycles. The molecular formula is C92H134N24O23S. The molecule has 2 saturated heterocycles. The van der Waals surface area contributed by atoms with Gasteiger partial charge in [0.25, 0.3) is 0 Å². The average molecular weight is 1980 g/mol. The first kappa shape index (κ1) is 113. The molecule has 140 heavy (non-hydrogen) atoms. The van der Waals surface area contributed by atoms with Crippen LogP contribution in [0.2, 0.25) is 0 Å². The number of aliphatic hydroxyl groups excluding tert-OH is 1. The number of nitrogens with one attached hydrogen (secondary N) is 12. The van der Waals surface area contributed by atoms with Crippen LogP contribution in [0.15, 0.2) is 85.5 Å². The number of rotatable bonds is 36. The van der Waals surface area contributed by atoms with Crippen LogP contribution in [0, 0.1) is 5.92 Å². The number of urea groups is 1. The van der Waals surface area contributed by atoms with E-state index in [1.54, 1.807) is 109 Å². The van der Waals surface area contributed by atoms with Gasteiger partial charge in [-0.1, -0.05) is 56.3 Å². The number of aromatic nitrogens is 3. The summed E-state index contributed by atoms with van der Waals surface area (Å²) in [5.41, 5.74) is 30.9. The third-order valence-electron chi connectivity index (χ3n) is 24.0. The number of nitrogens with two attached hydrogens (primary N) is 5. The number of carboxylic acid groups (broad SMARTS) is 2. The van der Waals surface area contributed by atoms with Gasteiger partial charge in [0.2, 0.25) is 100 Å². The smallest absolute Gasteiger partial charge is 0.317 e. The molecule has 3 aromatic heterocycles. The Balaban J connectivity index is 1.40. The zero-order valence-corrected chi connectivity index (χ0v) is 80.8. The lowest BCUT2D eigenvalue weighted by Gasteiger charge is -2.33. The van der Waals surface area contributed by atoms with Crippen molar-refractivity contribution in [2.45, 2.75) is 234 Å². The lowest BCUT2D eigenvalue weighted by Crippen LogP contribution is -2.62. The summed E-state index contributed by atoms with van der Waals surface area (Å²) in [7, 11) is 5.70. The highest BCUT2D eigenvalue weighted by atomic mass is 32.2. The fourth-order valence-corrected chi connectivity index (χ4v) is 17.3. The Hall–Kier alpha value is -13.9. The molecule has 19 amide bonds. The Morgan fingerprint density at radius 3 is 1.57 bits per heavy atom. The van der Waals surface area contributed by atoms with E-state index in [9.17, 15) is 72.9 Å². The highest BCUT2D eigenvalue weighted by molar-refractivity contribution is 8.00. The van der Waals surface area contributed by atoms with E-state index >= 15 is 38.4 Å². The molecule has 0 bridgehead atoms. The van der Waals surface area contributed by atoms with Gasteiger partial charge in [-0.3, -0.25) is 101 Å². The summed E-state index contributed by atoms with van der Waals surface area (Å²) in [6.07, 6.45) is -1.30. The van der Waals surface area contributed by atoms with Crippen LogP contribution in [-0.2, 0) is 124 Å². The highest BCUT2D eigenvalue weighted by Gasteiger charge is 2.42. The molecule has 48 heteroatoms. The maximum absolute atomic E-state index is 15.9. The van der Waals surface area contributed by atoms with Gasteiger partial charge in [0, 0.05) is 152 Å². The minimum atomic E-state index is -2.06. The third kappa shape index (κ3) is 35.5.